The maximum Gasteiger partial charge on any atom is 0.263 e. The van der Waals surface area contributed by atoms with Crippen molar-refractivity contribution in [2.24, 2.45) is 5.41 Å². The van der Waals surface area contributed by atoms with Gasteiger partial charge in [0.15, 0.2) is 17.5 Å². The Bertz CT molecular complexity index is 2400. The van der Waals surface area contributed by atoms with Crippen molar-refractivity contribution in [1.29, 1.82) is 0 Å². The number of nitrogens with one attached hydrogen (secondary N) is 2. The monoisotopic (exact) mass is 752 g/mol. The SMILES string of the molecule is CC(C)(C)CN1CCN(c2cccc3c2nnn3-c2ccc3ncnc(Nc4c(F)ccc(NS(=O)(=O)c5cccc(Cl)c5Cl)c4F)c3n2)CC1. The van der Waals surface area contributed by atoms with E-state index >= 15 is 8.78 Å². The van der Waals surface area contributed by atoms with Gasteiger partial charge >= 0.3 is 0 Å². The number of anilines is 4. The fourth-order valence-electron chi connectivity index (χ4n) is 6.07. The number of benzene rings is 3. The highest BCUT2D eigenvalue weighted by Crippen LogP contribution is 2.34. The molecule has 51 heavy (non-hydrogen) atoms. The molecule has 0 atom stereocenters. The zero-order chi connectivity index (χ0) is 36.1. The zero-order valence-corrected chi connectivity index (χ0v) is 30.0. The lowest BCUT2D eigenvalue weighted by Crippen LogP contribution is -2.48. The van der Waals surface area contributed by atoms with Crippen molar-refractivity contribution in [3.63, 3.8) is 0 Å². The summed E-state index contributed by atoms with van der Waals surface area (Å²) in [4.78, 5) is 17.6. The molecule has 0 bridgehead atoms. The number of rotatable bonds is 8. The number of hydrogen-bond acceptors (Lipinski definition) is 10. The van der Waals surface area contributed by atoms with Gasteiger partial charge in [0, 0.05) is 32.7 Å². The summed E-state index contributed by atoms with van der Waals surface area (Å²) in [6.45, 7) is 11.3. The van der Waals surface area contributed by atoms with Gasteiger partial charge in [0.25, 0.3) is 10.0 Å². The summed E-state index contributed by atoms with van der Waals surface area (Å²) in [6.07, 6.45) is 1.22. The van der Waals surface area contributed by atoms with Crippen molar-refractivity contribution >= 4 is 78.2 Å². The Kier molecular flexibility index (Phi) is 9.16. The molecule has 0 unspecified atom stereocenters. The Morgan fingerprint density at radius 3 is 2.43 bits per heavy atom. The second kappa shape index (κ2) is 13.5. The third kappa shape index (κ3) is 6.98. The topological polar surface area (TPSA) is 134 Å². The largest absolute Gasteiger partial charge is 0.367 e. The van der Waals surface area contributed by atoms with Gasteiger partial charge < -0.3 is 10.2 Å². The first kappa shape index (κ1) is 34.7. The van der Waals surface area contributed by atoms with E-state index in [4.69, 9.17) is 28.2 Å². The highest BCUT2D eigenvalue weighted by Gasteiger charge is 2.26. The van der Waals surface area contributed by atoms with Crippen LogP contribution in [-0.2, 0) is 10.0 Å². The molecule has 0 radical (unpaired) electrons. The van der Waals surface area contributed by atoms with Gasteiger partial charge in [-0.05, 0) is 53.9 Å². The predicted octanol–water partition coefficient (Wildman–Crippen LogP) is 7.06. The molecule has 1 aliphatic rings. The average Bonchev–Trinajstić information content (AvgIpc) is 3.53. The van der Waals surface area contributed by atoms with Gasteiger partial charge in [-0.1, -0.05) is 61.3 Å². The standard InChI is InChI=1S/C34H32Cl2F2N10O2S/c1-34(2,3)18-46-14-16-47(17-15-46)24-7-5-8-25-32(24)43-45-48(25)27-13-12-23-31(41-27)33(40-19-39-23)42-30-21(37)10-11-22(29(30)38)44-51(49,50)26-9-4-6-20(35)28(26)36/h4-13,19,44H,14-18H2,1-3H3,(H,39,40,42). The minimum Gasteiger partial charge on any atom is -0.367 e. The van der Waals surface area contributed by atoms with Crippen LogP contribution in [0, 0.1) is 17.0 Å². The first-order valence-electron chi connectivity index (χ1n) is 15.9. The van der Waals surface area contributed by atoms with Gasteiger partial charge in [-0.25, -0.2) is 32.2 Å². The Balaban J connectivity index is 1.19. The van der Waals surface area contributed by atoms with E-state index in [9.17, 15) is 8.42 Å². The van der Waals surface area contributed by atoms with Crippen molar-refractivity contribution in [2.45, 2.75) is 25.7 Å². The molecule has 2 N–H and O–H groups in total. The van der Waals surface area contributed by atoms with Gasteiger partial charge in [-0.3, -0.25) is 9.62 Å². The van der Waals surface area contributed by atoms with E-state index in [1.54, 1.807) is 16.8 Å². The van der Waals surface area contributed by atoms with E-state index in [1.807, 2.05) is 18.2 Å². The molecule has 0 aliphatic carbocycles. The molecule has 0 saturated carbocycles. The normalized spacial score (nSPS) is 14.4. The second-order valence-corrected chi connectivity index (χ2v) is 15.7. The highest BCUT2D eigenvalue weighted by molar-refractivity contribution is 7.92. The van der Waals surface area contributed by atoms with Crippen LogP contribution < -0.4 is 14.9 Å². The number of hydrogen-bond donors (Lipinski definition) is 2. The molecule has 17 heteroatoms. The second-order valence-electron chi connectivity index (χ2n) is 13.3. The summed E-state index contributed by atoms with van der Waals surface area (Å²) in [5.74, 6) is -1.89. The fraction of sp³-hybridized carbons (Fsp3) is 0.265. The minimum absolute atomic E-state index is 0.00608. The lowest BCUT2D eigenvalue weighted by atomic mass is 9.96. The van der Waals surface area contributed by atoms with Crippen LogP contribution in [0.1, 0.15) is 20.8 Å². The van der Waals surface area contributed by atoms with Crippen LogP contribution in [0.3, 0.4) is 0 Å². The van der Waals surface area contributed by atoms with Crippen LogP contribution in [0.2, 0.25) is 10.0 Å². The summed E-state index contributed by atoms with van der Waals surface area (Å²) in [7, 11) is -4.41. The number of piperazine rings is 1. The van der Waals surface area contributed by atoms with Crippen molar-refractivity contribution in [1.82, 2.24) is 34.8 Å². The number of pyridine rings is 1. The molecule has 0 amide bonds. The van der Waals surface area contributed by atoms with E-state index < -0.39 is 33.0 Å². The van der Waals surface area contributed by atoms with E-state index in [2.05, 4.69) is 60.9 Å². The number of halogens is 4. The van der Waals surface area contributed by atoms with Crippen molar-refractivity contribution in [3.8, 4) is 5.82 Å². The highest BCUT2D eigenvalue weighted by atomic mass is 35.5. The molecule has 1 fully saturated rings. The molecule has 7 rings (SSSR count). The van der Waals surface area contributed by atoms with Crippen LogP contribution >= 0.6 is 23.2 Å². The average molecular weight is 754 g/mol. The van der Waals surface area contributed by atoms with Crippen LogP contribution in [0.25, 0.3) is 27.9 Å². The van der Waals surface area contributed by atoms with Gasteiger partial charge in [0.1, 0.15) is 33.8 Å². The molecule has 4 heterocycles. The smallest absolute Gasteiger partial charge is 0.263 e. The molecule has 6 aromatic rings. The molecule has 1 aliphatic heterocycles. The third-order valence-corrected chi connectivity index (χ3v) is 10.7. The van der Waals surface area contributed by atoms with Gasteiger partial charge in [-0.2, -0.15) is 4.68 Å². The van der Waals surface area contributed by atoms with Gasteiger partial charge in [0.05, 0.1) is 32.5 Å². The fourth-order valence-corrected chi connectivity index (χ4v) is 7.89. The number of nitrogens with zero attached hydrogens (tertiary/aromatic N) is 8. The Hall–Kier alpha value is -4.70. The third-order valence-electron chi connectivity index (χ3n) is 8.34. The van der Waals surface area contributed by atoms with Crippen LogP contribution in [0.5, 0.6) is 0 Å². The van der Waals surface area contributed by atoms with Crippen molar-refractivity contribution in [2.75, 3.05) is 47.7 Å². The summed E-state index contributed by atoms with van der Waals surface area (Å²) >= 11 is 12.1. The van der Waals surface area contributed by atoms with Gasteiger partial charge in [-0.15, -0.1) is 5.10 Å². The summed E-state index contributed by atoms with van der Waals surface area (Å²) < 4.78 is 60.8. The maximum atomic E-state index is 15.8. The zero-order valence-electron chi connectivity index (χ0n) is 27.7. The Morgan fingerprint density at radius 1 is 0.902 bits per heavy atom. The quantitative estimate of drug-likeness (QED) is 0.167. The molecule has 0 spiro atoms. The van der Waals surface area contributed by atoms with Gasteiger partial charge in [0.2, 0.25) is 0 Å². The molecule has 12 nitrogen and oxygen atoms in total. The molecule has 1 saturated heterocycles. The molecular formula is C34H32Cl2F2N10O2S. The van der Waals surface area contributed by atoms with E-state index in [1.165, 1.54) is 24.5 Å². The predicted molar refractivity (Wildman–Crippen MR) is 195 cm³/mol. The van der Waals surface area contributed by atoms with Crippen molar-refractivity contribution < 1.29 is 17.2 Å². The summed E-state index contributed by atoms with van der Waals surface area (Å²) in [6, 6.07) is 15.1. The van der Waals surface area contributed by atoms with Crippen LogP contribution in [0.15, 0.2) is 71.9 Å². The molecule has 3 aromatic heterocycles. The molecule has 264 valence electrons. The van der Waals surface area contributed by atoms with Crippen LogP contribution in [-0.4, -0.2) is 76.0 Å². The van der Waals surface area contributed by atoms with E-state index in [0.717, 1.165) is 56.1 Å². The van der Waals surface area contributed by atoms with Crippen molar-refractivity contribution in [3.05, 3.63) is 88.7 Å². The Labute approximate surface area is 302 Å². The number of aromatic nitrogens is 6. The summed E-state index contributed by atoms with van der Waals surface area (Å²) in [5, 5.41) is 11.3. The van der Waals surface area contributed by atoms with E-state index in [0.29, 0.717) is 16.9 Å². The van der Waals surface area contributed by atoms with E-state index in [-0.39, 0.29) is 31.7 Å². The lowest BCUT2D eigenvalue weighted by molar-refractivity contribution is 0.182. The minimum atomic E-state index is -4.41. The van der Waals surface area contributed by atoms with Crippen LogP contribution in [0.4, 0.5) is 31.7 Å². The maximum absolute atomic E-state index is 15.8. The summed E-state index contributed by atoms with van der Waals surface area (Å²) in [5.41, 5.74) is 1.98. The molecular weight excluding hydrogens is 721 g/mol. The Morgan fingerprint density at radius 2 is 1.67 bits per heavy atom. The number of fused-ring (bicyclic) bond motifs is 2. The first-order chi connectivity index (χ1) is 24.3. The first-order valence-corrected chi connectivity index (χ1v) is 18.2. The lowest BCUT2D eigenvalue weighted by Gasteiger charge is -2.38. The molecule has 3 aromatic carbocycles. The number of sulfonamides is 1.